The first-order valence-corrected chi connectivity index (χ1v) is 20.7. The number of pyridine rings is 1. The van der Waals surface area contributed by atoms with Gasteiger partial charge in [-0.25, -0.2) is 4.79 Å². The predicted octanol–water partition coefficient (Wildman–Crippen LogP) is 5.88. The van der Waals surface area contributed by atoms with Gasteiger partial charge < -0.3 is 42.9 Å². The zero-order valence-corrected chi connectivity index (χ0v) is 36.9. The van der Waals surface area contributed by atoms with Crippen LogP contribution in [-0.2, 0) is 52.4 Å². The Bertz CT molecular complexity index is 1970. The normalized spacial score (nSPS) is 36.0. The molecule has 1 aromatic carbocycles. The van der Waals surface area contributed by atoms with E-state index in [9.17, 15) is 19.2 Å². The van der Waals surface area contributed by atoms with Crippen molar-refractivity contribution in [3.8, 4) is 11.8 Å². The van der Waals surface area contributed by atoms with E-state index in [2.05, 4.69) is 22.0 Å². The summed E-state index contributed by atoms with van der Waals surface area (Å²) >= 11 is 0. The fourth-order valence-corrected chi connectivity index (χ4v) is 9.04. The van der Waals surface area contributed by atoms with E-state index in [1.54, 1.807) is 33.2 Å². The van der Waals surface area contributed by atoms with Crippen LogP contribution < -0.4 is 0 Å². The van der Waals surface area contributed by atoms with Crippen LogP contribution in [0.25, 0.3) is 10.8 Å². The second-order valence-electron chi connectivity index (χ2n) is 16.9. The van der Waals surface area contributed by atoms with E-state index in [0.29, 0.717) is 12.1 Å². The molecule has 0 radical (unpaired) electrons. The number of carbonyl (C=O) groups is 4. The van der Waals surface area contributed by atoms with Crippen LogP contribution in [0.15, 0.2) is 41.8 Å². The lowest BCUT2D eigenvalue weighted by molar-refractivity contribution is -0.297. The average Bonchev–Trinajstić information content (AvgIpc) is 3.53. The molecule has 0 N–H and O–H groups in total. The van der Waals surface area contributed by atoms with Gasteiger partial charge in [0.15, 0.2) is 36.5 Å². The molecular formula is C45H61N3O12. The number of hydrogen-bond acceptors (Lipinski definition) is 15. The lowest BCUT2D eigenvalue weighted by Gasteiger charge is -2.47. The van der Waals surface area contributed by atoms with Crippen molar-refractivity contribution in [2.45, 2.75) is 136 Å². The topological polar surface area (TPSA) is 171 Å². The van der Waals surface area contributed by atoms with Crippen molar-refractivity contribution < 1.29 is 57.2 Å². The van der Waals surface area contributed by atoms with Gasteiger partial charge in [0.2, 0.25) is 0 Å². The Morgan fingerprint density at radius 1 is 1.05 bits per heavy atom. The standard InChI is InChI=1S/C45H61N3O12/c1-13-35-45(9)40(59-43(52)60-45)27(4)36(47-54-21-15-18-31-16-14-17-32-24-46-20-19-33(31)32)25(2)23-44(8,53-12)39(28(5)37(50)29(6)41(51)57-35)58-42-38(56-30(7)49)34(48(10)11)22-26(3)55-42/h14,16-17,19-20,24-29,34-35,38-40,42H,13,21-23H2,1-12H3/b47-36+/t25-,26-,27+,28+,29-,34+,35-,38-,39-,40-,42+,44-,45-/m1/s1. The summed E-state index contributed by atoms with van der Waals surface area (Å²) in [7, 11) is 5.29. The Balaban J connectivity index is 1.58. The third kappa shape index (κ3) is 9.94. The van der Waals surface area contributed by atoms with Crippen LogP contribution in [0, 0.1) is 35.5 Å². The first-order chi connectivity index (χ1) is 28.3. The molecule has 0 spiro atoms. The van der Waals surface area contributed by atoms with Gasteiger partial charge >= 0.3 is 18.1 Å². The molecule has 3 aliphatic heterocycles. The van der Waals surface area contributed by atoms with Gasteiger partial charge in [-0.05, 0) is 73.2 Å². The number of rotatable bonds is 8. The Hall–Kier alpha value is -4.62. The molecule has 0 saturated carbocycles. The fourth-order valence-electron chi connectivity index (χ4n) is 9.04. The highest BCUT2D eigenvalue weighted by atomic mass is 16.8. The first kappa shape index (κ1) is 46.4. The molecule has 3 saturated heterocycles. The number of nitrogens with zero attached hydrogens (tertiary/aromatic N) is 3. The van der Waals surface area contributed by atoms with Crippen LogP contribution in [0.2, 0.25) is 0 Å². The second kappa shape index (κ2) is 19.4. The number of ketones is 1. The van der Waals surface area contributed by atoms with E-state index in [4.69, 9.17) is 38.0 Å². The van der Waals surface area contributed by atoms with Crippen LogP contribution in [0.4, 0.5) is 4.79 Å². The number of benzene rings is 1. The number of ether oxygens (including phenoxy) is 7. The molecule has 15 nitrogen and oxygen atoms in total. The summed E-state index contributed by atoms with van der Waals surface area (Å²) in [4.78, 5) is 65.9. The molecule has 328 valence electrons. The highest BCUT2D eigenvalue weighted by Crippen LogP contribution is 2.42. The van der Waals surface area contributed by atoms with Crippen LogP contribution >= 0.6 is 0 Å². The van der Waals surface area contributed by atoms with Gasteiger partial charge in [0.25, 0.3) is 0 Å². The number of oxime groups is 1. The van der Waals surface area contributed by atoms with Gasteiger partial charge in [-0.15, -0.1) is 0 Å². The molecule has 0 bridgehead atoms. The quantitative estimate of drug-likeness (QED) is 0.0772. The zero-order valence-electron chi connectivity index (χ0n) is 36.9. The first-order valence-electron chi connectivity index (χ1n) is 20.7. The van der Waals surface area contributed by atoms with Crippen molar-refractivity contribution >= 4 is 40.4 Å². The molecule has 5 rings (SSSR count). The minimum absolute atomic E-state index is 0.0731. The summed E-state index contributed by atoms with van der Waals surface area (Å²) in [5.41, 5.74) is -1.45. The number of fused-ring (bicyclic) bond motifs is 2. The van der Waals surface area contributed by atoms with Crippen molar-refractivity contribution in [1.82, 2.24) is 9.88 Å². The minimum Gasteiger partial charge on any atom is -0.457 e. The van der Waals surface area contributed by atoms with E-state index >= 15 is 0 Å². The maximum atomic E-state index is 14.5. The monoisotopic (exact) mass is 835 g/mol. The number of esters is 2. The molecular weight excluding hydrogens is 775 g/mol. The molecule has 13 atom stereocenters. The summed E-state index contributed by atoms with van der Waals surface area (Å²) in [6.45, 7) is 15.3. The van der Waals surface area contributed by atoms with Gasteiger partial charge in [0.1, 0.15) is 12.0 Å². The van der Waals surface area contributed by atoms with E-state index in [0.717, 1.165) is 16.3 Å². The molecule has 0 unspecified atom stereocenters. The van der Waals surface area contributed by atoms with Crippen LogP contribution in [0.5, 0.6) is 0 Å². The van der Waals surface area contributed by atoms with Crippen LogP contribution in [0.1, 0.15) is 87.1 Å². The average molecular weight is 836 g/mol. The summed E-state index contributed by atoms with van der Waals surface area (Å²) < 4.78 is 43.1. The highest BCUT2D eigenvalue weighted by molar-refractivity contribution is 6.00. The molecule has 1 aromatic heterocycles. The largest absolute Gasteiger partial charge is 0.509 e. The summed E-state index contributed by atoms with van der Waals surface area (Å²) in [5.74, 6) is 1.07. The maximum absolute atomic E-state index is 14.5. The lowest BCUT2D eigenvalue weighted by atomic mass is 9.74. The molecule has 4 heterocycles. The number of hydrogen-bond donors (Lipinski definition) is 0. The highest BCUT2D eigenvalue weighted by Gasteiger charge is 2.59. The number of methoxy groups -OCH3 is 1. The molecule has 15 heteroatoms. The van der Waals surface area contributed by atoms with Crippen molar-refractivity contribution in [2.75, 3.05) is 27.8 Å². The Labute approximate surface area is 353 Å². The van der Waals surface area contributed by atoms with E-state index in [1.807, 2.05) is 71.0 Å². The molecule has 3 aliphatic rings. The van der Waals surface area contributed by atoms with Gasteiger partial charge in [-0.2, -0.15) is 0 Å². The Morgan fingerprint density at radius 3 is 2.45 bits per heavy atom. The van der Waals surface area contributed by atoms with Crippen molar-refractivity contribution in [3.05, 3.63) is 42.2 Å². The predicted molar refractivity (Wildman–Crippen MR) is 220 cm³/mol. The third-order valence-corrected chi connectivity index (χ3v) is 12.3. The maximum Gasteiger partial charge on any atom is 0.509 e. The van der Waals surface area contributed by atoms with Gasteiger partial charge in [0, 0.05) is 60.5 Å². The number of Topliss-reactive ketones (excluding diaryl/α,β-unsaturated/α-hetero) is 1. The van der Waals surface area contributed by atoms with Crippen LogP contribution in [0.3, 0.4) is 0 Å². The molecule has 3 fully saturated rings. The second-order valence-corrected chi connectivity index (χ2v) is 16.9. The Morgan fingerprint density at radius 2 is 1.78 bits per heavy atom. The lowest BCUT2D eigenvalue weighted by Crippen LogP contribution is -2.60. The van der Waals surface area contributed by atoms with E-state index in [-0.39, 0.29) is 31.6 Å². The fraction of sp³-hybridized carbons (Fsp3) is 0.644. The summed E-state index contributed by atoms with van der Waals surface area (Å²) in [5, 5.41) is 6.57. The molecule has 0 amide bonds. The number of carbonyl (C=O) groups excluding carboxylic acids is 4. The van der Waals surface area contributed by atoms with Crippen molar-refractivity contribution in [3.63, 3.8) is 0 Å². The SMILES string of the molecule is CC[C@H]1OC(=O)[C@H](C)C(=O)[C@H](C)[C@@H](O[C@@H]2O[C@H](C)C[C@H](N(C)C)[C@H]2OC(C)=O)[C@](C)(OC)C[C@@H](C)/C(=N\OCC#Cc2cccc3cnccc23)[C@H](C)[C@H]2OC(=O)O[C@@]21C. The third-order valence-electron chi connectivity index (χ3n) is 12.3. The molecule has 2 aromatic rings. The summed E-state index contributed by atoms with van der Waals surface area (Å²) in [6, 6.07) is 7.42. The van der Waals surface area contributed by atoms with Gasteiger partial charge in [0.05, 0.1) is 29.6 Å². The molecule has 0 aliphatic carbocycles. The smallest absolute Gasteiger partial charge is 0.457 e. The zero-order chi connectivity index (χ0) is 44.1. The van der Waals surface area contributed by atoms with E-state index < -0.39 is 89.5 Å². The van der Waals surface area contributed by atoms with Crippen molar-refractivity contribution in [2.24, 2.45) is 28.8 Å². The number of cyclic esters (lactones) is 1. The van der Waals surface area contributed by atoms with Crippen molar-refractivity contribution in [1.29, 1.82) is 0 Å². The van der Waals surface area contributed by atoms with Crippen LogP contribution in [-0.4, -0.2) is 121 Å². The molecule has 60 heavy (non-hydrogen) atoms. The van der Waals surface area contributed by atoms with Gasteiger partial charge in [-0.3, -0.25) is 19.4 Å². The van der Waals surface area contributed by atoms with Gasteiger partial charge in [-0.1, -0.05) is 56.8 Å². The minimum atomic E-state index is -1.46. The Kier molecular flexibility index (Phi) is 15.0. The number of likely N-dealkylation sites (N-methyl/N-ethyl adjacent to an activating group) is 1. The van der Waals surface area contributed by atoms with E-state index in [1.165, 1.54) is 21.0 Å². The number of aromatic nitrogens is 1. The summed E-state index contributed by atoms with van der Waals surface area (Å²) in [6.07, 6.45) is -1.74.